The van der Waals surface area contributed by atoms with Crippen LogP contribution in [0.2, 0.25) is 0 Å². The van der Waals surface area contributed by atoms with Gasteiger partial charge >= 0.3 is 0 Å². The van der Waals surface area contributed by atoms with Crippen molar-refractivity contribution in [2.24, 2.45) is 5.41 Å². The average molecular weight is 324 g/mol. The van der Waals surface area contributed by atoms with Crippen LogP contribution in [-0.4, -0.2) is 12.1 Å². The second-order valence-corrected chi connectivity index (χ2v) is 8.03. The molecular weight excluding hydrogens is 298 g/mol. The lowest BCUT2D eigenvalue weighted by molar-refractivity contribution is 0.245. The second kappa shape index (κ2) is 5.97. The van der Waals surface area contributed by atoms with Crippen LogP contribution >= 0.6 is 15.9 Å². The standard InChI is InChI=1S/C17H26BrN/c1-16(2,3)19-13-17(9-4-5-10-17)12-14-7-6-8-15(18)11-14/h6-8,11,19H,4-5,9-10,12-13H2,1-3H3. The van der Waals surface area contributed by atoms with Gasteiger partial charge in [-0.05, 0) is 63.1 Å². The highest BCUT2D eigenvalue weighted by Gasteiger charge is 2.34. The topological polar surface area (TPSA) is 12.0 Å². The van der Waals surface area contributed by atoms with Crippen molar-refractivity contribution in [1.82, 2.24) is 5.32 Å². The highest BCUT2D eigenvalue weighted by atomic mass is 79.9. The summed E-state index contributed by atoms with van der Waals surface area (Å²) in [6.45, 7) is 7.92. The van der Waals surface area contributed by atoms with Crippen LogP contribution in [0.4, 0.5) is 0 Å². The van der Waals surface area contributed by atoms with Gasteiger partial charge in [0.05, 0.1) is 0 Å². The van der Waals surface area contributed by atoms with E-state index in [1.54, 1.807) is 0 Å². The molecule has 0 bridgehead atoms. The molecule has 1 nitrogen and oxygen atoms in total. The number of hydrogen-bond acceptors (Lipinski definition) is 1. The van der Waals surface area contributed by atoms with Crippen LogP contribution in [0.25, 0.3) is 0 Å². The average Bonchev–Trinajstić information content (AvgIpc) is 2.75. The lowest BCUT2D eigenvalue weighted by Crippen LogP contribution is -2.43. The predicted octanol–water partition coefficient (Wildman–Crippen LogP) is 4.94. The first kappa shape index (κ1) is 15.1. The minimum atomic E-state index is 0.215. The summed E-state index contributed by atoms with van der Waals surface area (Å²) in [5.74, 6) is 0. The van der Waals surface area contributed by atoms with Gasteiger partial charge in [-0.1, -0.05) is 40.9 Å². The van der Waals surface area contributed by atoms with Crippen LogP contribution in [-0.2, 0) is 6.42 Å². The van der Waals surface area contributed by atoms with Crippen LogP contribution in [0.15, 0.2) is 28.7 Å². The summed E-state index contributed by atoms with van der Waals surface area (Å²) in [5, 5.41) is 3.73. The monoisotopic (exact) mass is 323 g/mol. The number of nitrogens with one attached hydrogen (secondary N) is 1. The van der Waals surface area contributed by atoms with E-state index in [9.17, 15) is 0 Å². The fourth-order valence-corrected chi connectivity index (χ4v) is 3.52. The van der Waals surface area contributed by atoms with E-state index in [4.69, 9.17) is 0 Å². The smallest absolute Gasteiger partial charge is 0.0177 e. The fourth-order valence-electron chi connectivity index (χ4n) is 3.07. The summed E-state index contributed by atoms with van der Waals surface area (Å²) in [6.07, 6.45) is 6.71. The molecule has 1 fully saturated rings. The zero-order valence-corrected chi connectivity index (χ0v) is 14.0. The maximum Gasteiger partial charge on any atom is 0.0177 e. The van der Waals surface area contributed by atoms with E-state index in [1.807, 2.05) is 0 Å². The minimum absolute atomic E-state index is 0.215. The molecule has 0 heterocycles. The molecule has 1 aliphatic rings. The molecule has 0 aliphatic heterocycles. The Bertz CT molecular complexity index is 414. The molecule has 1 aromatic rings. The summed E-state index contributed by atoms with van der Waals surface area (Å²) in [4.78, 5) is 0. The Kier molecular flexibility index (Phi) is 4.73. The molecule has 1 saturated carbocycles. The van der Waals surface area contributed by atoms with E-state index >= 15 is 0 Å². The van der Waals surface area contributed by atoms with E-state index in [0.29, 0.717) is 5.41 Å². The molecular formula is C17H26BrN. The van der Waals surface area contributed by atoms with Gasteiger partial charge in [0.1, 0.15) is 0 Å². The quantitative estimate of drug-likeness (QED) is 0.827. The Morgan fingerprint density at radius 1 is 1.21 bits per heavy atom. The Balaban J connectivity index is 2.07. The van der Waals surface area contributed by atoms with Gasteiger partial charge in [-0.15, -0.1) is 0 Å². The maximum absolute atomic E-state index is 3.73. The Morgan fingerprint density at radius 3 is 2.47 bits per heavy atom. The number of hydrogen-bond donors (Lipinski definition) is 1. The van der Waals surface area contributed by atoms with Crippen LogP contribution in [0.3, 0.4) is 0 Å². The molecule has 0 atom stereocenters. The lowest BCUT2D eigenvalue weighted by atomic mass is 9.79. The first-order valence-electron chi connectivity index (χ1n) is 7.38. The van der Waals surface area contributed by atoms with Gasteiger partial charge in [0.2, 0.25) is 0 Å². The molecule has 19 heavy (non-hydrogen) atoms. The Hall–Kier alpha value is -0.340. The van der Waals surface area contributed by atoms with Gasteiger partial charge in [0, 0.05) is 16.6 Å². The first-order chi connectivity index (χ1) is 8.89. The molecule has 0 saturated heterocycles. The molecule has 0 unspecified atom stereocenters. The molecule has 106 valence electrons. The van der Waals surface area contributed by atoms with Crippen molar-refractivity contribution in [3.8, 4) is 0 Å². The van der Waals surface area contributed by atoms with Gasteiger partial charge in [-0.2, -0.15) is 0 Å². The molecule has 0 radical (unpaired) electrons. The van der Waals surface area contributed by atoms with E-state index in [0.717, 1.165) is 6.54 Å². The van der Waals surface area contributed by atoms with Gasteiger partial charge in [-0.25, -0.2) is 0 Å². The van der Waals surface area contributed by atoms with E-state index in [2.05, 4.69) is 66.3 Å². The molecule has 0 aromatic heterocycles. The maximum atomic E-state index is 3.73. The van der Waals surface area contributed by atoms with Crippen molar-refractivity contribution in [3.05, 3.63) is 34.3 Å². The van der Waals surface area contributed by atoms with E-state index in [-0.39, 0.29) is 5.54 Å². The molecule has 0 amide bonds. The summed E-state index contributed by atoms with van der Waals surface area (Å²) < 4.78 is 1.20. The lowest BCUT2D eigenvalue weighted by Gasteiger charge is -2.33. The third kappa shape index (κ3) is 4.61. The summed E-state index contributed by atoms with van der Waals surface area (Å²) in [6, 6.07) is 8.80. The summed E-state index contributed by atoms with van der Waals surface area (Å²) >= 11 is 3.58. The first-order valence-corrected chi connectivity index (χ1v) is 8.17. The van der Waals surface area contributed by atoms with Gasteiger partial charge < -0.3 is 5.32 Å². The van der Waals surface area contributed by atoms with Gasteiger partial charge in [-0.3, -0.25) is 0 Å². The van der Waals surface area contributed by atoms with Crippen molar-refractivity contribution in [3.63, 3.8) is 0 Å². The molecule has 2 heteroatoms. The largest absolute Gasteiger partial charge is 0.312 e. The van der Waals surface area contributed by atoms with Crippen molar-refractivity contribution >= 4 is 15.9 Å². The Labute approximate surface area is 126 Å². The van der Waals surface area contributed by atoms with Crippen molar-refractivity contribution in [2.75, 3.05) is 6.54 Å². The normalized spacial score (nSPS) is 18.7. The highest BCUT2D eigenvalue weighted by Crippen LogP contribution is 2.41. The zero-order chi connectivity index (χ0) is 13.9. The zero-order valence-electron chi connectivity index (χ0n) is 12.4. The fraction of sp³-hybridized carbons (Fsp3) is 0.647. The van der Waals surface area contributed by atoms with Crippen LogP contribution in [0, 0.1) is 5.41 Å². The van der Waals surface area contributed by atoms with Gasteiger partial charge in [0.25, 0.3) is 0 Å². The number of halogens is 1. The second-order valence-electron chi connectivity index (χ2n) is 7.12. The summed E-state index contributed by atoms with van der Waals surface area (Å²) in [5.41, 5.74) is 2.15. The Morgan fingerprint density at radius 2 is 1.89 bits per heavy atom. The van der Waals surface area contributed by atoms with Crippen molar-refractivity contribution in [1.29, 1.82) is 0 Å². The van der Waals surface area contributed by atoms with Crippen molar-refractivity contribution < 1.29 is 0 Å². The van der Waals surface area contributed by atoms with Crippen LogP contribution < -0.4 is 5.32 Å². The van der Waals surface area contributed by atoms with E-state index < -0.39 is 0 Å². The predicted molar refractivity (Wildman–Crippen MR) is 86.5 cm³/mol. The molecule has 2 rings (SSSR count). The molecule has 0 spiro atoms. The third-order valence-corrected chi connectivity index (χ3v) is 4.62. The van der Waals surface area contributed by atoms with Crippen LogP contribution in [0.5, 0.6) is 0 Å². The van der Waals surface area contributed by atoms with Crippen molar-refractivity contribution in [2.45, 2.75) is 58.4 Å². The van der Waals surface area contributed by atoms with E-state index in [1.165, 1.54) is 42.1 Å². The van der Waals surface area contributed by atoms with Crippen LogP contribution in [0.1, 0.15) is 52.0 Å². The summed E-state index contributed by atoms with van der Waals surface area (Å²) in [7, 11) is 0. The molecule has 1 aliphatic carbocycles. The highest BCUT2D eigenvalue weighted by molar-refractivity contribution is 9.10. The molecule has 1 N–H and O–H groups in total. The minimum Gasteiger partial charge on any atom is -0.312 e. The molecule has 1 aromatic carbocycles. The third-order valence-electron chi connectivity index (χ3n) is 4.13. The number of rotatable bonds is 4. The number of benzene rings is 1. The van der Waals surface area contributed by atoms with Gasteiger partial charge in [0.15, 0.2) is 0 Å². The SMILES string of the molecule is CC(C)(C)NCC1(Cc2cccc(Br)c2)CCCC1.